The Hall–Kier alpha value is -0.510. The zero-order valence-corrected chi connectivity index (χ0v) is 5.50. The number of aliphatic hydroxyl groups excluding tert-OH is 1. The fourth-order valence-corrected chi connectivity index (χ4v) is 0.614. The molecule has 0 spiro atoms. The topological polar surface area (TPSA) is 86.6 Å². The van der Waals surface area contributed by atoms with E-state index in [9.17, 15) is 9.36 Å². The largest absolute Gasteiger partial charge is 0.480 e. The molecule has 0 heterocycles. The fourth-order valence-electron chi connectivity index (χ4n) is 0.257. The van der Waals surface area contributed by atoms with Gasteiger partial charge in [-0.1, -0.05) is 9.65 Å². The van der Waals surface area contributed by atoms with Gasteiger partial charge in [0.2, 0.25) is 0 Å². The van der Waals surface area contributed by atoms with E-state index in [-0.39, 0.29) is 0 Å². The Kier molecular flexibility index (Phi) is 4.13. The van der Waals surface area contributed by atoms with Gasteiger partial charge in [-0.3, -0.25) is 4.79 Å². The Morgan fingerprint density at radius 2 is 2.33 bits per heavy atom. The maximum Gasteiger partial charge on any atom is 0.419 e. The van der Waals surface area contributed by atoms with Gasteiger partial charge in [0.25, 0.3) is 0 Å². The van der Waals surface area contributed by atoms with E-state index in [1.165, 1.54) is 0 Å². The van der Waals surface area contributed by atoms with Crippen molar-refractivity contribution in [3.05, 3.63) is 0 Å². The van der Waals surface area contributed by atoms with Crippen LogP contribution in [0, 0.1) is 0 Å². The SMILES string of the molecule is O=[PH+]N[C@@H](CO)C(=O)O. The summed E-state index contributed by atoms with van der Waals surface area (Å²) in [4.78, 5) is 9.96. The Morgan fingerprint density at radius 1 is 1.78 bits per heavy atom. The number of carboxylic acids is 1. The van der Waals surface area contributed by atoms with Crippen molar-refractivity contribution in [3.63, 3.8) is 0 Å². The highest BCUT2D eigenvalue weighted by Gasteiger charge is 2.17. The van der Waals surface area contributed by atoms with Crippen molar-refractivity contribution in [2.24, 2.45) is 0 Å². The summed E-state index contributed by atoms with van der Waals surface area (Å²) in [5.74, 6) is -1.21. The van der Waals surface area contributed by atoms with Crippen LogP contribution in [0.2, 0.25) is 0 Å². The minimum atomic E-state index is -1.21. The first-order valence-electron chi connectivity index (χ1n) is 2.18. The van der Waals surface area contributed by atoms with Gasteiger partial charge in [-0.25, -0.2) is 0 Å². The number of hydrogen-bond donors (Lipinski definition) is 3. The molecule has 0 bridgehead atoms. The lowest BCUT2D eigenvalue weighted by atomic mass is 10.3. The minimum absolute atomic E-state index is 0.551. The number of rotatable bonds is 4. The summed E-state index contributed by atoms with van der Waals surface area (Å²) < 4.78 is 9.75. The lowest BCUT2D eigenvalue weighted by Gasteiger charge is -1.98. The fraction of sp³-hybridized carbons (Fsp3) is 0.667. The van der Waals surface area contributed by atoms with E-state index in [0.717, 1.165) is 0 Å². The summed E-state index contributed by atoms with van der Waals surface area (Å²) >= 11 is 0. The van der Waals surface area contributed by atoms with Crippen LogP contribution in [0.5, 0.6) is 0 Å². The first-order valence-corrected chi connectivity index (χ1v) is 3.09. The van der Waals surface area contributed by atoms with Crippen molar-refractivity contribution in [2.75, 3.05) is 6.61 Å². The maximum absolute atomic E-state index is 9.96. The van der Waals surface area contributed by atoms with Gasteiger partial charge in [0.05, 0.1) is 6.61 Å². The second kappa shape index (κ2) is 4.38. The Morgan fingerprint density at radius 3 is 2.44 bits per heavy atom. The van der Waals surface area contributed by atoms with Gasteiger partial charge in [-0.2, -0.15) is 0 Å². The monoisotopic (exact) mass is 152 g/mol. The van der Waals surface area contributed by atoms with Crippen molar-refractivity contribution in [3.8, 4) is 0 Å². The summed E-state index contributed by atoms with van der Waals surface area (Å²) in [7, 11) is -0.903. The predicted molar refractivity (Wildman–Crippen MR) is 30.6 cm³/mol. The lowest BCUT2D eigenvalue weighted by Crippen LogP contribution is -2.33. The third-order valence-corrected chi connectivity index (χ3v) is 1.18. The molecule has 0 saturated heterocycles. The molecular weight excluding hydrogens is 145 g/mol. The summed E-state index contributed by atoms with van der Waals surface area (Å²) in [5.41, 5.74) is 0. The molecule has 6 heteroatoms. The van der Waals surface area contributed by atoms with Crippen LogP contribution in [0.3, 0.4) is 0 Å². The average Bonchev–Trinajstić information content (AvgIpc) is 1.82. The molecule has 0 rings (SSSR count). The molecule has 9 heavy (non-hydrogen) atoms. The first kappa shape index (κ1) is 8.49. The summed E-state index contributed by atoms with van der Waals surface area (Å²) in [6.45, 7) is -0.551. The Balaban J connectivity index is 3.67. The molecule has 1 unspecified atom stereocenters. The molecule has 0 fully saturated rings. The Bertz CT molecular complexity index is 116. The van der Waals surface area contributed by atoms with E-state index in [2.05, 4.69) is 5.09 Å². The molecule has 5 nitrogen and oxygen atoms in total. The molecule has 3 N–H and O–H groups in total. The highest BCUT2D eigenvalue weighted by molar-refractivity contribution is 7.21. The zero-order chi connectivity index (χ0) is 7.28. The van der Waals surface area contributed by atoms with Crippen LogP contribution >= 0.6 is 8.61 Å². The van der Waals surface area contributed by atoms with Gasteiger partial charge in [0.1, 0.15) is 0 Å². The molecule has 0 radical (unpaired) electrons. The second-order valence-electron chi connectivity index (χ2n) is 1.32. The third kappa shape index (κ3) is 3.13. The van der Waals surface area contributed by atoms with Gasteiger partial charge >= 0.3 is 14.6 Å². The number of carboxylic acid groups (broad SMARTS) is 1. The molecular formula is C3H7NO4P+. The van der Waals surface area contributed by atoms with Crippen LogP contribution in [0.25, 0.3) is 0 Å². The van der Waals surface area contributed by atoms with E-state index in [4.69, 9.17) is 10.2 Å². The minimum Gasteiger partial charge on any atom is -0.480 e. The van der Waals surface area contributed by atoms with Crippen molar-refractivity contribution in [2.45, 2.75) is 6.04 Å². The normalized spacial score (nSPS) is 13.4. The van der Waals surface area contributed by atoms with Gasteiger partial charge < -0.3 is 10.2 Å². The van der Waals surface area contributed by atoms with Crippen molar-refractivity contribution >= 4 is 14.6 Å². The van der Waals surface area contributed by atoms with Gasteiger partial charge in [-0.15, -0.1) is 0 Å². The van der Waals surface area contributed by atoms with Crippen LogP contribution < -0.4 is 5.09 Å². The molecule has 0 aliphatic rings. The van der Waals surface area contributed by atoms with Crippen LogP contribution in [-0.4, -0.2) is 28.8 Å². The Labute approximate surface area is 52.9 Å². The molecule has 0 aliphatic carbocycles. The van der Waals surface area contributed by atoms with E-state index in [0.29, 0.717) is 0 Å². The third-order valence-electron chi connectivity index (χ3n) is 0.714. The molecule has 0 aliphatic heterocycles. The standard InChI is InChI=1S/C3H6NO4P/c5-1-2(3(6)7)4-9-8/h2,5H,1H2,(H,4,8)(H,6,7)/p+1/t2-/m0/s1. The first-order chi connectivity index (χ1) is 4.22. The van der Waals surface area contributed by atoms with Crippen molar-refractivity contribution < 1.29 is 19.6 Å². The molecule has 0 aromatic carbocycles. The highest BCUT2D eigenvalue weighted by Crippen LogP contribution is 1.88. The summed E-state index contributed by atoms with van der Waals surface area (Å²) in [6, 6.07) is -1.11. The lowest BCUT2D eigenvalue weighted by molar-refractivity contribution is -0.139. The number of aliphatic hydroxyl groups is 1. The van der Waals surface area contributed by atoms with Crippen LogP contribution in [-0.2, 0) is 9.36 Å². The summed E-state index contributed by atoms with van der Waals surface area (Å²) in [6.07, 6.45) is 0. The van der Waals surface area contributed by atoms with Gasteiger partial charge in [-0.05, 0) is 0 Å². The van der Waals surface area contributed by atoms with Gasteiger partial charge in [0, 0.05) is 0 Å². The molecule has 2 atom stereocenters. The van der Waals surface area contributed by atoms with E-state index < -0.39 is 27.2 Å². The maximum atomic E-state index is 9.96. The van der Waals surface area contributed by atoms with Crippen molar-refractivity contribution in [1.82, 2.24) is 5.09 Å². The van der Waals surface area contributed by atoms with E-state index in [1.54, 1.807) is 0 Å². The average molecular weight is 152 g/mol. The molecule has 0 saturated carbocycles. The van der Waals surface area contributed by atoms with Crippen LogP contribution in [0.1, 0.15) is 0 Å². The van der Waals surface area contributed by atoms with Crippen LogP contribution in [0.15, 0.2) is 0 Å². The number of aliphatic carboxylic acids is 1. The second-order valence-corrected chi connectivity index (χ2v) is 1.81. The van der Waals surface area contributed by atoms with E-state index >= 15 is 0 Å². The smallest absolute Gasteiger partial charge is 0.419 e. The van der Waals surface area contributed by atoms with Crippen molar-refractivity contribution in [1.29, 1.82) is 0 Å². The number of nitrogens with one attached hydrogen (secondary N) is 1. The molecule has 52 valence electrons. The zero-order valence-electron chi connectivity index (χ0n) is 4.50. The highest BCUT2D eigenvalue weighted by atomic mass is 31.1. The molecule has 0 aromatic heterocycles. The van der Waals surface area contributed by atoms with Crippen LogP contribution in [0.4, 0.5) is 0 Å². The quantitative estimate of drug-likeness (QED) is 0.448. The van der Waals surface area contributed by atoms with E-state index in [1.807, 2.05) is 0 Å². The van der Waals surface area contributed by atoms with Gasteiger partial charge in [0.15, 0.2) is 6.04 Å². The summed E-state index contributed by atoms with van der Waals surface area (Å²) in [5, 5.41) is 18.5. The number of hydrogen-bond acceptors (Lipinski definition) is 3. The predicted octanol–water partition coefficient (Wildman–Crippen LogP) is -1.04. The number of carbonyl (C=O) groups is 1. The molecule has 0 amide bonds. The molecule has 0 aromatic rings.